The molecule has 1 heterocycles. The van der Waals surface area contributed by atoms with Crippen LogP contribution in [0.1, 0.15) is 28.8 Å². The van der Waals surface area contributed by atoms with E-state index in [2.05, 4.69) is 10.6 Å². The van der Waals surface area contributed by atoms with Crippen LogP contribution >= 0.6 is 0 Å². The number of phenols is 1. The standard InChI is InChI=1S/C14H20N2O2/c1-10-2-3-12(13(17)8-10)14(18)16-7-5-11-4-6-15-9-11/h2-3,8,11,15,17H,4-7,9H2,1H3,(H,16,18). The molecule has 1 aliphatic rings. The highest BCUT2D eigenvalue weighted by Gasteiger charge is 2.15. The summed E-state index contributed by atoms with van der Waals surface area (Å²) in [5.41, 5.74) is 1.30. The monoisotopic (exact) mass is 248 g/mol. The quantitative estimate of drug-likeness (QED) is 0.755. The molecule has 1 fully saturated rings. The van der Waals surface area contributed by atoms with Crippen molar-refractivity contribution in [3.8, 4) is 5.75 Å². The van der Waals surface area contributed by atoms with Crippen LogP contribution in [0.25, 0.3) is 0 Å². The molecule has 0 spiro atoms. The fourth-order valence-corrected chi connectivity index (χ4v) is 2.28. The number of aryl methyl sites for hydroxylation is 1. The molecule has 3 N–H and O–H groups in total. The van der Waals surface area contributed by atoms with Gasteiger partial charge in [-0.3, -0.25) is 4.79 Å². The van der Waals surface area contributed by atoms with Crippen LogP contribution in [0.3, 0.4) is 0 Å². The Balaban J connectivity index is 1.83. The van der Waals surface area contributed by atoms with Gasteiger partial charge in [0.2, 0.25) is 0 Å². The van der Waals surface area contributed by atoms with Crippen molar-refractivity contribution < 1.29 is 9.90 Å². The highest BCUT2D eigenvalue weighted by molar-refractivity contribution is 5.96. The second-order valence-corrected chi connectivity index (χ2v) is 4.92. The molecule has 0 radical (unpaired) electrons. The topological polar surface area (TPSA) is 61.4 Å². The van der Waals surface area contributed by atoms with Crippen LogP contribution in [0.15, 0.2) is 18.2 Å². The normalized spacial score (nSPS) is 18.8. The highest BCUT2D eigenvalue weighted by atomic mass is 16.3. The van der Waals surface area contributed by atoms with Crippen molar-refractivity contribution in [1.82, 2.24) is 10.6 Å². The molecule has 18 heavy (non-hydrogen) atoms. The zero-order valence-electron chi connectivity index (χ0n) is 10.7. The van der Waals surface area contributed by atoms with E-state index in [-0.39, 0.29) is 11.7 Å². The summed E-state index contributed by atoms with van der Waals surface area (Å²) in [7, 11) is 0. The first-order valence-corrected chi connectivity index (χ1v) is 6.45. The van der Waals surface area contributed by atoms with E-state index in [0.29, 0.717) is 18.0 Å². The lowest BCUT2D eigenvalue weighted by molar-refractivity contribution is 0.0949. The highest BCUT2D eigenvalue weighted by Crippen LogP contribution is 2.18. The Bertz CT molecular complexity index is 426. The number of hydrogen-bond acceptors (Lipinski definition) is 3. The lowest BCUT2D eigenvalue weighted by Crippen LogP contribution is -2.26. The fourth-order valence-electron chi connectivity index (χ4n) is 2.28. The summed E-state index contributed by atoms with van der Waals surface area (Å²) in [4.78, 5) is 11.9. The average molecular weight is 248 g/mol. The second-order valence-electron chi connectivity index (χ2n) is 4.92. The van der Waals surface area contributed by atoms with Crippen molar-refractivity contribution >= 4 is 5.91 Å². The molecular weight excluding hydrogens is 228 g/mol. The average Bonchev–Trinajstić information content (AvgIpc) is 2.81. The minimum atomic E-state index is -0.196. The van der Waals surface area contributed by atoms with Crippen LogP contribution in [-0.2, 0) is 0 Å². The summed E-state index contributed by atoms with van der Waals surface area (Å²) in [6.07, 6.45) is 2.18. The molecule has 1 aliphatic heterocycles. The number of benzene rings is 1. The predicted octanol–water partition coefficient (Wildman–Crippen LogP) is 1.43. The largest absolute Gasteiger partial charge is 0.507 e. The van der Waals surface area contributed by atoms with Gasteiger partial charge in [-0.05, 0) is 56.5 Å². The molecular formula is C14H20N2O2. The first-order valence-electron chi connectivity index (χ1n) is 6.45. The van der Waals surface area contributed by atoms with Crippen LogP contribution in [-0.4, -0.2) is 30.6 Å². The minimum Gasteiger partial charge on any atom is -0.507 e. The molecule has 1 amide bonds. The smallest absolute Gasteiger partial charge is 0.255 e. The maximum atomic E-state index is 11.9. The fraction of sp³-hybridized carbons (Fsp3) is 0.500. The van der Waals surface area contributed by atoms with E-state index in [4.69, 9.17) is 0 Å². The Labute approximate surface area is 107 Å². The maximum Gasteiger partial charge on any atom is 0.255 e. The van der Waals surface area contributed by atoms with Crippen LogP contribution in [0.2, 0.25) is 0 Å². The Kier molecular flexibility index (Phi) is 4.20. The molecule has 1 aromatic rings. The SMILES string of the molecule is Cc1ccc(C(=O)NCCC2CCNC2)c(O)c1. The maximum absolute atomic E-state index is 11.9. The van der Waals surface area contributed by atoms with Gasteiger partial charge in [0.1, 0.15) is 5.75 Å². The lowest BCUT2D eigenvalue weighted by atomic mass is 10.1. The summed E-state index contributed by atoms with van der Waals surface area (Å²) in [5, 5.41) is 15.9. The van der Waals surface area contributed by atoms with E-state index in [1.54, 1.807) is 12.1 Å². The van der Waals surface area contributed by atoms with E-state index in [1.807, 2.05) is 13.0 Å². The minimum absolute atomic E-state index is 0.0510. The molecule has 4 nitrogen and oxygen atoms in total. The summed E-state index contributed by atoms with van der Waals surface area (Å²) in [5.74, 6) is 0.519. The van der Waals surface area contributed by atoms with Crippen molar-refractivity contribution in [3.05, 3.63) is 29.3 Å². The Morgan fingerprint density at radius 2 is 2.39 bits per heavy atom. The van der Waals surface area contributed by atoms with Gasteiger partial charge in [-0.2, -0.15) is 0 Å². The Morgan fingerprint density at radius 3 is 3.06 bits per heavy atom. The first kappa shape index (κ1) is 12.9. The predicted molar refractivity (Wildman–Crippen MR) is 70.8 cm³/mol. The number of carbonyl (C=O) groups is 1. The number of phenolic OH excluding ortho intramolecular Hbond substituents is 1. The molecule has 2 rings (SSSR count). The number of carbonyl (C=O) groups excluding carboxylic acids is 1. The molecule has 98 valence electrons. The summed E-state index contributed by atoms with van der Waals surface area (Å²) in [6, 6.07) is 5.10. The van der Waals surface area contributed by atoms with E-state index < -0.39 is 0 Å². The molecule has 1 unspecified atom stereocenters. The van der Waals surface area contributed by atoms with Gasteiger partial charge < -0.3 is 15.7 Å². The zero-order chi connectivity index (χ0) is 13.0. The van der Waals surface area contributed by atoms with E-state index in [9.17, 15) is 9.90 Å². The third-order valence-electron chi connectivity index (χ3n) is 3.40. The molecule has 0 aromatic heterocycles. The van der Waals surface area contributed by atoms with Gasteiger partial charge in [0.25, 0.3) is 5.91 Å². The van der Waals surface area contributed by atoms with Crippen LogP contribution in [0.4, 0.5) is 0 Å². The number of hydrogen-bond donors (Lipinski definition) is 3. The van der Waals surface area contributed by atoms with E-state index in [0.717, 1.165) is 25.1 Å². The molecule has 0 saturated carbocycles. The molecule has 4 heteroatoms. The Hall–Kier alpha value is -1.55. The third kappa shape index (κ3) is 3.23. The van der Waals surface area contributed by atoms with Crippen molar-refractivity contribution in [2.24, 2.45) is 5.92 Å². The molecule has 1 atom stereocenters. The van der Waals surface area contributed by atoms with E-state index in [1.165, 1.54) is 6.42 Å². The van der Waals surface area contributed by atoms with Crippen molar-refractivity contribution in [3.63, 3.8) is 0 Å². The summed E-state index contributed by atoms with van der Waals surface area (Å²) >= 11 is 0. The van der Waals surface area contributed by atoms with Gasteiger partial charge in [0, 0.05) is 6.54 Å². The van der Waals surface area contributed by atoms with Gasteiger partial charge in [0.15, 0.2) is 0 Å². The number of nitrogens with one attached hydrogen (secondary N) is 2. The van der Waals surface area contributed by atoms with Gasteiger partial charge >= 0.3 is 0 Å². The Morgan fingerprint density at radius 1 is 1.56 bits per heavy atom. The zero-order valence-corrected chi connectivity index (χ0v) is 10.7. The van der Waals surface area contributed by atoms with Crippen LogP contribution in [0.5, 0.6) is 5.75 Å². The van der Waals surface area contributed by atoms with Gasteiger partial charge in [-0.25, -0.2) is 0 Å². The number of amides is 1. The molecule has 1 saturated heterocycles. The van der Waals surface area contributed by atoms with Crippen molar-refractivity contribution in [1.29, 1.82) is 0 Å². The molecule has 1 aromatic carbocycles. The summed E-state index contributed by atoms with van der Waals surface area (Å²) < 4.78 is 0. The molecule has 0 bridgehead atoms. The summed E-state index contributed by atoms with van der Waals surface area (Å²) in [6.45, 7) is 4.68. The lowest BCUT2D eigenvalue weighted by Gasteiger charge is -2.10. The van der Waals surface area contributed by atoms with Gasteiger partial charge in [-0.1, -0.05) is 6.07 Å². The van der Waals surface area contributed by atoms with Crippen LogP contribution < -0.4 is 10.6 Å². The third-order valence-corrected chi connectivity index (χ3v) is 3.40. The first-order chi connectivity index (χ1) is 8.66. The van der Waals surface area contributed by atoms with Crippen LogP contribution in [0, 0.1) is 12.8 Å². The van der Waals surface area contributed by atoms with Crippen molar-refractivity contribution in [2.45, 2.75) is 19.8 Å². The van der Waals surface area contributed by atoms with Gasteiger partial charge in [-0.15, -0.1) is 0 Å². The van der Waals surface area contributed by atoms with E-state index >= 15 is 0 Å². The van der Waals surface area contributed by atoms with Gasteiger partial charge in [0.05, 0.1) is 5.56 Å². The van der Waals surface area contributed by atoms with Crippen molar-refractivity contribution in [2.75, 3.05) is 19.6 Å². The number of aromatic hydroxyl groups is 1. The second kappa shape index (κ2) is 5.87. The number of rotatable bonds is 4. The molecule has 0 aliphatic carbocycles.